The largest absolute Gasteiger partial charge is 0.454 e. The number of carbonyl (C=O) groups excluding carboxylic acids is 1. The molecule has 0 spiro atoms. The molecule has 0 aromatic carbocycles. The summed E-state index contributed by atoms with van der Waals surface area (Å²) in [4.78, 5) is 14.0. The number of fused-ring (bicyclic) bond motifs is 3. The molecule has 26 heavy (non-hydrogen) atoms. The van der Waals surface area contributed by atoms with E-state index in [-0.39, 0.29) is 12.0 Å². The molecule has 1 aliphatic carbocycles. The molecule has 2 bridgehead atoms. The highest BCUT2D eigenvalue weighted by Crippen LogP contribution is 2.44. The minimum Gasteiger partial charge on any atom is -0.454 e. The standard InChI is InChI=1S/C21H30NO3S/c1-2-11-22-12-9-16(10-13-22)18(15-22)25-20(23)21(24,17-6-3-4-7-17)19-8-5-14-26-19/h2,5,8,14,16-18,24H,1,3-4,6-7,9-13,15H2/q+1/t16?,18-,21-,22?/m0/s1. The molecule has 5 rings (SSSR count). The zero-order valence-corrected chi connectivity index (χ0v) is 16.3. The van der Waals surface area contributed by atoms with Crippen LogP contribution in [0.2, 0.25) is 0 Å². The van der Waals surface area contributed by atoms with Gasteiger partial charge in [-0.3, -0.25) is 0 Å². The number of thiophene rings is 1. The fourth-order valence-corrected chi connectivity index (χ4v) is 6.31. The van der Waals surface area contributed by atoms with Gasteiger partial charge in [-0.15, -0.1) is 11.3 Å². The summed E-state index contributed by atoms with van der Waals surface area (Å²) in [6.45, 7) is 8.04. The molecule has 2 atom stereocenters. The lowest BCUT2D eigenvalue weighted by molar-refractivity contribution is -0.941. The van der Waals surface area contributed by atoms with E-state index in [9.17, 15) is 9.90 Å². The second-order valence-corrected chi connectivity index (χ2v) is 9.40. The quantitative estimate of drug-likeness (QED) is 0.470. The van der Waals surface area contributed by atoms with E-state index in [1.807, 2.05) is 23.6 Å². The molecule has 0 unspecified atom stereocenters. The second kappa shape index (κ2) is 7.10. The highest BCUT2D eigenvalue weighted by Gasteiger charge is 2.52. The SMILES string of the molecule is C=CC[N+]12CCC(CC1)[C@@H](OC(=O)[C@@](O)(c1cccs1)C1CCCC1)C2. The number of carbonyl (C=O) groups is 1. The molecule has 142 valence electrons. The average Bonchev–Trinajstić information content (AvgIpc) is 3.36. The van der Waals surface area contributed by atoms with E-state index in [1.165, 1.54) is 11.3 Å². The van der Waals surface area contributed by atoms with Gasteiger partial charge in [0.15, 0.2) is 11.7 Å². The van der Waals surface area contributed by atoms with Gasteiger partial charge in [0.2, 0.25) is 0 Å². The van der Waals surface area contributed by atoms with Gasteiger partial charge < -0.3 is 14.3 Å². The van der Waals surface area contributed by atoms with Crippen molar-refractivity contribution >= 4 is 17.3 Å². The third-order valence-electron chi connectivity index (χ3n) is 6.97. The van der Waals surface area contributed by atoms with E-state index >= 15 is 0 Å². The van der Waals surface area contributed by atoms with Crippen molar-refractivity contribution in [1.29, 1.82) is 0 Å². The van der Waals surface area contributed by atoms with Crippen LogP contribution in [-0.4, -0.2) is 47.8 Å². The molecule has 0 amide bonds. The number of hydrogen-bond acceptors (Lipinski definition) is 4. The number of quaternary nitrogens is 1. The minimum absolute atomic E-state index is 0.0222. The smallest absolute Gasteiger partial charge is 0.344 e. The first-order valence-corrected chi connectivity index (χ1v) is 10.9. The van der Waals surface area contributed by atoms with Crippen LogP contribution in [0.25, 0.3) is 0 Å². The van der Waals surface area contributed by atoms with Gasteiger partial charge in [-0.25, -0.2) is 4.79 Å². The summed E-state index contributed by atoms with van der Waals surface area (Å²) in [7, 11) is 0. The third kappa shape index (κ3) is 3.04. The maximum atomic E-state index is 13.3. The first kappa shape index (κ1) is 18.2. The topological polar surface area (TPSA) is 46.5 Å². The molecule has 5 heteroatoms. The van der Waals surface area contributed by atoms with Gasteiger partial charge in [-0.05, 0) is 30.4 Å². The van der Waals surface area contributed by atoms with Crippen LogP contribution in [0.1, 0.15) is 43.4 Å². The number of rotatable bonds is 6. The Bertz CT molecular complexity index is 644. The van der Waals surface area contributed by atoms with Crippen molar-refractivity contribution in [2.24, 2.45) is 11.8 Å². The normalized spacial score (nSPS) is 33.7. The minimum atomic E-state index is -1.47. The van der Waals surface area contributed by atoms with E-state index in [4.69, 9.17) is 4.74 Å². The van der Waals surface area contributed by atoms with Gasteiger partial charge in [-0.2, -0.15) is 0 Å². The summed E-state index contributed by atoms with van der Waals surface area (Å²) < 4.78 is 7.05. The molecule has 4 aliphatic rings. The zero-order valence-electron chi connectivity index (χ0n) is 15.4. The molecule has 4 nitrogen and oxygen atoms in total. The molecule has 3 saturated heterocycles. The van der Waals surface area contributed by atoms with Crippen molar-refractivity contribution in [1.82, 2.24) is 0 Å². The van der Waals surface area contributed by atoms with Crippen molar-refractivity contribution in [3.63, 3.8) is 0 Å². The summed E-state index contributed by atoms with van der Waals surface area (Å²) in [6, 6.07) is 3.79. The van der Waals surface area contributed by atoms with Crippen LogP contribution in [0.4, 0.5) is 0 Å². The maximum Gasteiger partial charge on any atom is 0.344 e. The number of aliphatic hydroxyl groups is 1. The molecular weight excluding hydrogens is 346 g/mol. The number of esters is 1. The van der Waals surface area contributed by atoms with Crippen molar-refractivity contribution in [2.45, 2.75) is 50.2 Å². The lowest BCUT2D eigenvalue weighted by atomic mass is 9.82. The van der Waals surface area contributed by atoms with E-state index in [0.29, 0.717) is 5.92 Å². The second-order valence-electron chi connectivity index (χ2n) is 8.45. The zero-order chi connectivity index (χ0) is 18.2. The van der Waals surface area contributed by atoms with Crippen LogP contribution < -0.4 is 0 Å². The van der Waals surface area contributed by atoms with Crippen molar-refractivity contribution < 1.29 is 19.1 Å². The van der Waals surface area contributed by atoms with Gasteiger partial charge in [0.25, 0.3) is 0 Å². The Labute approximate surface area is 160 Å². The molecule has 1 aromatic rings. The van der Waals surface area contributed by atoms with E-state index in [1.54, 1.807) is 0 Å². The first-order valence-electron chi connectivity index (χ1n) is 10.0. The predicted octanol–water partition coefficient (Wildman–Crippen LogP) is 3.46. The van der Waals surface area contributed by atoms with Gasteiger partial charge in [0.05, 0.1) is 19.6 Å². The summed E-state index contributed by atoms with van der Waals surface area (Å²) in [6.07, 6.45) is 8.08. The van der Waals surface area contributed by atoms with E-state index in [2.05, 4.69) is 6.58 Å². The highest BCUT2D eigenvalue weighted by atomic mass is 32.1. The fraction of sp³-hybridized carbons (Fsp3) is 0.667. The van der Waals surface area contributed by atoms with E-state index < -0.39 is 11.6 Å². The highest BCUT2D eigenvalue weighted by molar-refractivity contribution is 7.10. The molecule has 1 saturated carbocycles. The van der Waals surface area contributed by atoms with Crippen LogP contribution in [0.15, 0.2) is 30.2 Å². The fourth-order valence-electron chi connectivity index (χ4n) is 5.42. The number of nitrogens with zero attached hydrogens (tertiary/aromatic N) is 1. The number of hydrogen-bond donors (Lipinski definition) is 1. The molecule has 4 fully saturated rings. The van der Waals surface area contributed by atoms with Crippen LogP contribution in [0.3, 0.4) is 0 Å². The van der Waals surface area contributed by atoms with Crippen molar-refractivity contribution in [2.75, 3.05) is 26.2 Å². The van der Waals surface area contributed by atoms with Gasteiger partial charge in [-0.1, -0.05) is 25.5 Å². The maximum absolute atomic E-state index is 13.3. The molecule has 1 N–H and O–H groups in total. The van der Waals surface area contributed by atoms with Crippen LogP contribution in [0, 0.1) is 11.8 Å². The Balaban J connectivity index is 1.55. The number of piperidine rings is 3. The van der Waals surface area contributed by atoms with Crippen LogP contribution in [-0.2, 0) is 15.1 Å². The summed E-state index contributed by atoms with van der Waals surface area (Å²) >= 11 is 1.46. The lowest BCUT2D eigenvalue weighted by Crippen LogP contribution is -2.65. The van der Waals surface area contributed by atoms with Crippen LogP contribution >= 0.6 is 11.3 Å². The van der Waals surface area contributed by atoms with Crippen LogP contribution in [0.5, 0.6) is 0 Å². The third-order valence-corrected chi connectivity index (χ3v) is 7.96. The molecule has 1 aromatic heterocycles. The Kier molecular flexibility index (Phi) is 4.97. The Morgan fingerprint density at radius 1 is 1.35 bits per heavy atom. The van der Waals surface area contributed by atoms with Gasteiger partial charge >= 0.3 is 5.97 Å². The van der Waals surface area contributed by atoms with E-state index in [0.717, 1.165) is 74.1 Å². The lowest BCUT2D eigenvalue weighted by Gasteiger charge is -2.52. The van der Waals surface area contributed by atoms with Crippen molar-refractivity contribution in [3.8, 4) is 0 Å². The first-order chi connectivity index (χ1) is 12.6. The Hall–Kier alpha value is -1.17. The Morgan fingerprint density at radius 3 is 2.69 bits per heavy atom. The van der Waals surface area contributed by atoms with Crippen molar-refractivity contribution in [3.05, 3.63) is 35.0 Å². The molecule has 0 radical (unpaired) electrons. The monoisotopic (exact) mass is 376 g/mol. The summed E-state index contributed by atoms with van der Waals surface area (Å²) in [5.41, 5.74) is -1.47. The predicted molar refractivity (Wildman–Crippen MR) is 103 cm³/mol. The summed E-state index contributed by atoms with van der Waals surface area (Å²) in [5, 5.41) is 13.5. The number of ether oxygens (including phenoxy) is 1. The molecular formula is C21H30NO3S+. The van der Waals surface area contributed by atoms with Gasteiger partial charge in [0.1, 0.15) is 6.54 Å². The Morgan fingerprint density at radius 2 is 2.08 bits per heavy atom. The molecule has 3 aliphatic heterocycles. The average molecular weight is 377 g/mol. The summed E-state index contributed by atoms with van der Waals surface area (Å²) in [5.74, 6) is 0.00772. The molecule has 4 heterocycles. The van der Waals surface area contributed by atoms with Gasteiger partial charge in [0, 0.05) is 29.6 Å².